The second-order valence-corrected chi connectivity index (χ2v) is 6.18. The van der Waals surface area contributed by atoms with Gasteiger partial charge in [0.2, 0.25) is 5.88 Å². The summed E-state index contributed by atoms with van der Waals surface area (Å²) in [5.41, 5.74) is 8.07. The lowest BCUT2D eigenvalue weighted by atomic mass is 9.75. The average Bonchev–Trinajstić information content (AvgIpc) is 3.11. The van der Waals surface area contributed by atoms with Crippen LogP contribution in [-0.2, 0) is 9.57 Å². The second-order valence-electron chi connectivity index (χ2n) is 6.18. The molecular formula is C19H14N4O4. The number of nitro groups is 1. The molecule has 0 aromatic heterocycles. The number of nitrogens with two attached hydrogens (primary N) is 1. The van der Waals surface area contributed by atoms with E-state index in [2.05, 4.69) is 11.2 Å². The van der Waals surface area contributed by atoms with Crippen molar-refractivity contribution in [2.75, 3.05) is 0 Å². The van der Waals surface area contributed by atoms with Gasteiger partial charge in [0.05, 0.1) is 22.1 Å². The molecule has 8 heteroatoms. The van der Waals surface area contributed by atoms with Gasteiger partial charge in [0.25, 0.3) is 12.0 Å². The van der Waals surface area contributed by atoms with Gasteiger partial charge in [0.1, 0.15) is 6.07 Å². The van der Waals surface area contributed by atoms with Crippen molar-refractivity contribution < 1.29 is 14.5 Å². The minimum atomic E-state index is -0.804. The van der Waals surface area contributed by atoms with Crippen molar-refractivity contribution in [2.24, 2.45) is 16.8 Å². The Morgan fingerprint density at radius 3 is 2.67 bits per heavy atom. The Kier molecular flexibility index (Phi) is 3.97. The van der Waals surface area contributed by atoms with Crippen LogP contribution >= 0.6 is 0 Å². The summed E-state index contributed by atoms with van der Waals surface area (Å²) in [5, 5.41) is 25.0. The Labute approximate surface area is 154 Å². The van der Waals surface area contributed by atoms with Crippen LogP contribution in [0.1, 0.15) is 17.0 Å². The van der Waals surface area contributed by atoms with E-state index in [1.54, 1.807) is 12.1 Å². The molecular weight excluding hydrogens is 348 g/mol. The van der Waals surface area contributed by atoms with E-state index in [-0.39, 0.29) is 17.1 Å². The number of nitrogens with zero attached hydrogens (tertiary/aromatic N) is 3. The molecule has 0 aliphatic carbocycles. The first kappa shape index (κ1) is 16.6. The molecule has 2 aromatic rings. The fraction of sp³-hybridized carbons (Fsp3) is 0.158. The minimum absolute atomic E-state index is 0.0558. The van der Waals surface area contributed by atoms with E-state index in [4.69, 9.17) is 15.3 Å². The number of hydrogen-bond donors (Lipinski definition) is 1. The molecule has 4 rings (SSSR count). The predicted molar refractivity (Wildman–Crippen MR) is 95.1 cm³/mol. The van der Waals surface area contributed by atoms with Crippen LogP contribution in [-0.4, -0.2) is 16.9 Å². The van der Waals surface area contributed by atoms with Crippen molar-refractivity contribution in [3.05, 3.63) is 87.3 Å². The Balaban J connectivity index is 1.86. The van der Waals surface area contributed by atoms with Gasteiger partial charge < -0.3 is 15.3 Å². The van der Waals surface area contributed by atoms with Crippen LogP contribution in [0.2, 0.25) is 0 Å². The van der Waals surface area contributed by atoms with E-state index in [0.717, 1.165) is 5.56 Å². The normalized spacial score (nSPS) is 23.5. The summed E-state index contributed by atoms with van der Waals surface area (Å²) in [6.45, 7) is 0. The van der Waals surface area contributed by atoms with Crippen LogP contribution in [0.25, 0.3) is 0 Å². The maximum atomic E-state index is 11.2. The molecule has 0 radical (unpaired) electrons. The van der Waals surface area contributed by atoms with Crippen molar-refractivity contribution >= 4 is 11.4 Å². The number of fused-ring (bicyclic) bond motifs is 1. The van der Waals surface area contributed by atoms with Gasteiger partial charge in [-0.2, -0.15) is 5.26 Å². The van der Waals surface area contributed by atoms with Gasteiger partial charge in [-0.15, -0.1) is 0 Å². The molecule has 2 aliphatic heterocycles. The van der Waals surface area contributed by atoms with Gasteiger partial charge in [-0.1, -0.05) is 47.6 Å². The number of nitriles is 1. The maximum Gasteiger partial charge on any atom is 0.276 e. The summed E-state index contributed by atoms with van der Waals surface area (Å²) in [5.74, 6) is -1.09. The van der Waals surface area contributed by atoms with Crippen LogP contribution in [0, 0.1) is 27.4 Å². The zero-order chi connectivity index (χ0) is 19.0. The number of non-ortho nitro benzene ring substituents is 1. The van der Waals surface area contributed by atoms with Gasteiger partial charge >= 0.3 is 0 Å². The standard InChI is InChI=1S/C19H14N4O4/c20-10-14-15(12-7-4-8-13(9-12)23(24)25)16-17(11-5-2-1-3-6-11)22-27-19(16)26-18(14)21/h1-9,15-16,19H,21H2. The summed E-state index contributed by atoms with van der Waals surface area (Å²) < 4.78 is 5.56. The number of ether oxygens (including phenoxy) is 1. The van der Waals surface area contributed by atoms with Crippen molar-refractivity contribution in [3.8, 4) is 6.07 Å². The Morgan fingerprint density at radius 2 is 1.96 bits per heavy atom. The third kappa shape index (κ3) is 2.75. The summed E-state index contributed by atoms with van der Waals surface area (Å²) in [7, 11) is 0. The molecule has 0 fully saturated rings. The SMILES string of the molecule is N#CC1=C(N)OC2ON=C(c3ccccc3)C2C1c1cccc([N+](=O)[O-])c1. The molecule has 3 atom stereocenters. The minimum Gasteiger partial charge on any atom is -0.436 e. The molecule has 0 bridgehead atoms. The van der Waals surface area contributed by atoms with Gasteiger partial charge in [0, 0.05) is 18.1 Å². The first-order valence-electron chi connectivity index (χ1n) is 8.20. The molecule has 0 amide bonds. The van der Waals surface area contributed by atoms with Crippen molar-refractivity contribution in [3.63, 3.8) is 0 Å². The highest BCUT2D eigenvalue weighted by Gasteiger charge is 2.49. The second kappa shape index (κ2) is 6.46. The van der Waals surface area contributed by atoms with E-state index in [9.17, 15) is 15.4 Å². The molecule has 3 unspecified atom stereocenters. The molecule has 2 aliphatic rings. The Morgan fingerprint density at radius 1 is 1.19 bits per heavy atom. The number of rotatable bonds is 3. The van der Waals surface area contributed by atoms with Gasteiger partial charge in [-0.25, -0.2) is 0 Å². The Bertz CT molecular complexity index is 1010. The van der Waals surface area contributed by atoms with Crippen LogP contribution in [0.15, 0.2) is 71.2 Å². The van der Waals surface area contributed by atoms with Gasteiger partial charge in [-0.3, -0.25) is 10.1 Å². The van der Waals surface area contributed by atoms with E-state index in [0.29, 0.717) is 11.3 Å². The smallest absolute Gasteiger partial charge is 0.276 e. The van der Waals surface area contributed by atoms with Crippen LogP contribution in [0.3, 0.4) is 0 Å². The summed E-state index contributed by atoms with van der Waals surface area (Å²) >= 11 is 0. The maximum absolute atomic E-state index is 11.2. The number of benzene rings is 2. The molecule has 134 valence electrons. The highest BCUT2D eigenvalue weighted by molar-refractivity contribution is 6.04. The zero-order valence-electron chi connectivity index (χ0n) is 14.0. The summed E-state index contributed by atoms with van der Waals surface area (Å²) in [6.07, 6.45) is -0.804. The van der Waals surface area contributed by atoms with Crippen LogP contribution < -0.4 is 5.73 Å². The van der Waals surface area contributed by atoms with Crippen LogP contribution in [0.5, 0.6) is 0 Å². The van der Waals surface area contributed by atoms with Gasteiger partial charge in [0.15, 0.2) is 0 Å². The molecule has 8 nitrogen and oxygen atoms in total. The molecule has 0 saturated heterocycles. The largest absolute Gasteiger partial charge is 0.436 e. The quantitative estimate of drug-likeness (QED) is 0.661. The fourth-order valence-corrected chi connectivity index (χ4v) is 3.48. The molecule has 0 spiro atoms. The van der Waals surface area contributed by atoms with E-state index in [1.165, 1.54) is 12.1 Å². The number of allylic oxidation sites excluding steroid dienone is 1. The Hall–Kier alpha value is -3.86. The first-order valence-corrected chi connectivity index (χ1v) is 8.20. The van der Waals surface area contributed by atoms with Crippen molar-refractivity contribution in [2.45, 2.75) is 12.2 Å². The molecule has 2 N–H and O–H groups in total. The first-order chi connectivity index (χ1) is 13.1. The third-order valence-electron chi connectivity index (χ3n) is 4.67. The summed E-state index contributed by atoms with van der Waals surface area (Å²) in [6, 6.07) is 17.6. The number of oxime groups is 1. The molecule has 2 heterocycles. The lowest BCUT2D eigenvalue weighted by molar-refractivity contribution is -0.384. The lowest BCUT2D eigenvalue weighted by Crippen LogP contribution is -2.38. The number of hydrogen-bond acceptors (Lipinski definition) is 7. The van der Waals surface area contributed by atoms with E-state index in [1.807, 2.05) is 30.3 Å². The highest BCUT2D eigenvalue weighted by atomic mass is 16.8. The highest BCUT2D eigenvalue weighted by Crippen LogP contribution is 2.45. The van der Waals surface area contributed by atoms with Crippen molar-refractivity contribution in [1.29, 1.82) is 5.26 Å². The molecule has 0 saturated carbocycles. The van der Waals surface area contributed by atoms with Crippen molar-refractivity contribution in [1.82, 2.24) is 0 Å². The predicted octanol–water partition coefficient (Wildman–Crippen LogP) is 2.78. The average molecular weight is 362 g/mol. The molecule has 27 heavy (non-hydrogen) atoms. The van der Waals surface area contributed by atoms with Gasteiger partial charge in [-0.05, 0) is 11.1 Å². The molecule has 2 aromatic carbocycles. The van der Waals surface area contributed by atoms with E-state index >= 15 is 0 Å². The zero-order valence-corrected chi connectivity index (χ0v) is 14.0. The third-order valence-corrected chi connectivity index (χ3v) is 4.67. The topological polar surface area (TPSA) is 124 Å². The fourth-order valence-electron chi connectivity index (χ4n) is 3.48. The number of nitro benzene ring substituents is 1. The van der Waals surface area contributed by atoms with E-state index < -0.39 is 23.0 Å². The van der Waals surface area contributed by atoms with Crippen LogP contribution in [0.4, 0.5) is 5.69 Å². The monoisotopic (exact) mass is 362 g/mol. The summed E-state index contributed by atoms with van der Waals surface area (Å²) in [4.78, 5) is 16.1. The lowest BCUT2D eigenvalue weighted by Gasteiger charge is -2.32.